The average Bonchev–Trinajstić information content (AvgIpc) is 3.32. The molecule has 1 fully saturated rings. The SMILES string of the molecule is COc1ccc(C2CCN(C[C@@H](COc3cccc4[nH]ccc34)OC(=O)C(=O)O)CC2)cc1. The molecule has 0 bridgehead atoms. The number of benzene rings is 2. The maximum atomic E-state index is 11.8. The molecule has 33 heavy (non-hydrogen) atoms. The van der Waals surface area contributed by atoms with E-state index in [-0.39, 0.29) is 6.61 Å². The van der Waals surface area contributed by atoms with Crippen LogP contribution in [0.5, 0.6) is 11.5 Å². The minimum Gasteiger partial charge on any atom is -0.497 e. The zero-order valence-electron chi connectivity index (χ0n) is 18.5. The van der Waals surface area contributed by atoms with Gasteiger partial charge in [0.1, 0.15) is 24.2 Å². The molecule has 1 saturated heterocycles. The van der Waals surface area contributed by atoms with Gasteiger partial charge in [-0.3, -0.25) is 4.90 Å². The molecule has 0 aliphatic carbocycles. The van der Waals surface area contributed by atoms with Crippen molar-refractivity contribution >= 4 is 22.8 Å². The van der Waals surface area contributed by atoms with Crippen LogP contribution in [0, 0.1) is 0 Å². The zero-order valence-corrected chi connectivity index (χ0v) is 18.5. The third kappa shape index (κ3) is 5.64. The number of nitrogens with one attached hydrogen (secondary N) is 1. The molecule has 1 aliphatic heterocycles. The van der Waals surface area contributed by atoms with Gasteiger partial charge in [-0.15, -0.1) is 0 Å². The summed E-state index contributed by atoms with van der Waals surface area (Å²) in [6.07, 6.45) is 3.07. The maximum Gasteiger partial charge on any atom is 0.417 e. The molecule has 0 unspecified atom stereocenters. The highest BCUT2D eigenvalue weighted by Crippen LogP contribution is 2.29. The van der Waals surface area contributed by atoms with Crippen molar-refractivity contribution in [3.8, 4) is 11.5 Å². The highest BCUT2D eigenvalue weighted by molar-refractivity contribution is 6.28. The van der Waals surface area contributed by atoms with E-state index in [0.29, 0.717) is 18.2 Å². The van der Waals surface area contributed by atoms with Crippen LogP contribution in [0.2, 0.25) is 0 Å². The van der Waals surface area contributed by atoms with Gasteiger partial charge in [-0.1, -0.05) is 18.2 Å². The molecule has 0 radical (unpaired) electrons. The number of fused-ring (bicyclic) bond motifs is 1. The molecule has 1 aromatic heterocycles. The van der Waals surface area contributed by atoms with Crippen LogP contribution < -0.4 is 9.47 Å². The summed E-state index contributed by atoms with van der Waals surface area (Å²) in [6, 6.07) is 15.7. The van der Waals surface area contributed by atoms with Gasteiger partial charge < -0.3 is 24.3 Å². The van der Waals surface area contributed by atoms with Crippen molar-refractivity contribution in [2.75, 3.05) is 33.4 Å². The van der Waals surface area contributed by atoms with Gasteiger partial charge in [0.15, 0.2) is 0 Å². The van der Waals surface area contributed by atoms with Crippen LogP contribution in [-0.4, -0.2) is 66.4 Å². The van der Waals surface area contributed by atoms with Crippen molar-refractivity contribution in [2.24, 2.45) is 0 Å². The molecule has 0 saturated carbocycles. The highest BCUT2D eigenvalue weighted by Gasteiger charge is 2.27. The summed E-state index contributed by atoms with van der Waals surface area (Å²) in [6.45, 7) is 2.13. The molecule has 2 aromatic carbocycles. The van der Waals surface area contributed by atoms with Crippen LogP contribution in [0.1, 0.15) is 24.3 Å². The summed E-state index contributed by atoms with van der Waals surface area (Å²) in [4.78, 5) is 28.1. The molecule has 8 nitrogen and oxygen atoms in total. The second kappa shape index (κ2) is 10.4. The van der Waals surface area contributed by atoms with Gasteiger partial charge in [0.25, 0.3) is 0 Å². The molecule has 0 spiro atoms. The Kier molecular flexibility index (Phi) is 7.14. The minimum atomic E-state index is -1.61. The van der Waals surface area contributed by atoms with E-state index in [9.17, 15) is 9.59 Å². The molecule has 1 aliphatic rings. The van der Waals surface area contributed by atoms with Gasteiger partial charge in [-0.25, -0.2) is 9.59 Å². The number of nitrogens with zero attached hydrogens (tertiary/aromatic N) is 1. The lowest BCUT2D eigenvalue weighted by atomic mass is 9.89. The van der Waals surface area contributed by atoms with Crippen molar-refractivity contribution in [2.45, 2.75) is 24.9 Å². The van der Waals surface area contributed by atoms with E-state index in [1.54, 1.807) is 7.11 Å². The molecule has 3 aromatic rings. The first-order valence-corrected chi connectivity index (χ1v) is 11.0. The second-order valence-electron chi connectivity index (χ2n) is 8.19. The van der Waals surface area contributed by atoms with Gasteiger partial charge >= 0.3 is 11.9 Å². The molecular weight excluding hydrogens is 424 g/mol. The van der Waals surface area contributed by atoms with E-state index in [4.69, 9.17) is 19.3 Å². The number of carbonyl (C=O) groups is 2. The Morgan fingerprint density at radius 2 is 1.88 bits per heavy atom. The first kappa shape index (κ1) is 22.7. The lowest BCUT2D eigenvalue weighted by Crippen LogP contribution is -2.43. The number of rotatable bonds is 8. The van der Waals surface area contributed by atoms with Crippen LogP contribution in [-0.2, 0) is 14.3 Å². The number of carboxylic acid groups (broad SMARTS) is 1. The fourth-order valence-corrected chi connectivity index (χ4v) is 4.30. The molecule has 1 atom stereocenters. The summed E-state index contributed by atoms with van der Waals surface area (Å²) in [7, 11) is 1.66. The van der Waals surface area contributed by atoms with Crippen molar-refractivity contribution < 1.29 is 28.9 Å². The standard InChI is InChI=1S/C25H28N2O6/c1-31-19-7-5-17(6-8-19)18-10-13-27(14-11-18)15-20(33-25(30)24(28)29)16-32-23-4-2-3-22-21(23)9-12-26-22/h2-9,12,18,20,26H,10-11,13-16H2,1H3,(H,28,29)/t20-/m0/s1. The van der Waals surface area contributed by atoms with Crippen molar-refractivity contribution in [1.82, 2.24) is 9.88 Å². The summed E-state index contributed by atoms with van der Waals surface area (Å²) in [5, 5.41) is 9.91. The van der Waals surface area contributed by atoms with Gasteiger partial charge in [-0.05, 0) is 67.7 Å². The zero-order chi connectivity index (χ0) is 23.2. The van der Waals surface area contributed by atoms with Gasteiger partial charge in [0, 0.05) is 23.6 Å². The van der Waals surface area contributed by atoms with E-state index in [1.165, 1.54) is 5.56 Å². The number of hydrogen-bond donors (Lipinski definition) is 2. The van der Waals surface area contributed by atoms with Gasteiger partial charge in [0.2, 0.25) is 0 Å². The number of likely N-dealkylation sites (tertiary alicyclic amines) is 1. The number of piperidine rings is 1. The average molecular weight is 453 g/mol. The number of ether oxygens (including phenoxy) is 3. The third-order valence-corrected chi connectivity index (χ3v) is 6.06. The number of methoxy groups -OCH3 is 1. The predicted molar refractivity (Wildman–Crippen MR) is 123 cm³/mol. The Labute approximate surface area is 192 Å². The lowest BCUT2D eigenvalue weighted by Gasteiger charge is -2.34. The van der Waals surface area contributed by atoms with E-state index >= 15 is 0 Å². The van der Waals surface area contributed by atoms with Crippen LogP contribution in [0.3, 0.4) is 0 Å². The largest absolute Gasteiger partial charge is 0.497 e. The first-order valence-electron chi connectivity index (χ1n) is 11.0. The fourth-order valence-electron chi connectivity index (χ4n) is 4.30. The first-order chi connectivity index (χ1) is 16.0. The molecule has 8 heteroatoms. The van der Waals surface area contributed by atoms with Crippen molar-refractivity contribution in [1.29, 1.82) is 0 Å². The van der Waals surface area contributed by atoms with E-state index in [2.05, 4.69) is 22.0 Å². The number of aromatic nitrogens is 1. The van der Waals surface area contributed by atoms with Crippen molar-refractivity contribution in [3.05, 3.63) is 60.3 Å². The van der Waals surface area contributed by atoms with Crippen LogP contribution in [0.25, 0.3) is 10.9 Å². The summed E-state index contributed by atoms with van der Waals surface area (Å²) >= 11 is 0. The number of esters is 1. The van der Waals surface area contributed by atoms with Crippen LogP contribution in [0.15, 0.2) is 54.7 Å². The number of aromatic amines is 1. The number of aliphatic carboxylic acids is 1. The molecule has 174 valence electrons. The van der Waals surface area contributed by atoms with Crippen molar-refractivity contribution in [3.63, 3.8) is 0 Å². The van der Waals surface area contributed by atoms with Crippen LogP contribution in [0.4, 0.5) is 0 Å². The summed E-state index contributed by atoms with van der Waals surface area (Å²) in [5.41, 5.74) is 2.22. The Bertz CT molecular complexity index is 1090. The number of carbonyl (C=O) groups excluding carboxylic acids is 1. The number of hydrogen-bond acceptors (Lipinski definition) is 6. The maximum absolute atomic E-state index is 11.8. The Morgan fingerprint density at radius 3 is 2.58 bits per heavy atom. The molecule has 2 N–H and O–H groups in total. The second-order valence-corrected chi connectivity index (χ2v) is 8.19. The Balaban J connectivity index is 1.36. The number of H-pyrrole nitrogens is 1. The Hall–Kier alpha value is -3.52. The predicted octanol–water partition coefficient (Wildman–Crippen LogP) is 3.43. The smallest absolute Gasteiger partial charge is 0.417 e. The van der Waals surface area contributed by atoms with Gasteiger partial charge in [0.05, 0.1) is 7.11 Å². The Morgan fingerprint density at radius 1 is 1.12 bits per heavy atom. The normalized spacial score (nSPS) is 15.8. The monoisotopic (exact) mass is 452 g/mol. The quantitative estimate of drug-likeness (QED) is 0.399. The molecule has 0 amide bonds. The highest BCUT2D eigenvalue weighted by atomic mass is 16.6. The van der Waals surface area contributed by atoms with Gasteiger partial charge in [-0.2, -0.15) is 0 Å². The topological polar surface area (TPSA) is 101 Å². The molecular formula is C25H28N2O6. The van der Waals surface area contributed by atoms with E-state index in [1.807, 2.05) is 42.6 Å². The molecule has 2 heterocycles. The number of carboxylic acids is 1. The molecule has 4 rings (SSSR count). The third-order valence-electron chi connectivity index (χ3n) is 6.06. The minimum absolute atomic E-state index is 0.0712. The van der Waals surface area contributed by atoms with Crippen LogP contribution >= 0.6 is 0 Å². The fraction of sp³-hybridized carbons (Fsp3) is 0.360. The summed E-state index contributed by atoms with van der Waals surface area (Å²) in [5.74, 6) is -0.921. The van der Waals surface area contributed by atoms with E-state index in [0.717, 1.165) is 42.6 Å². The lowest BCUT2D eigenvalue weighted by molar-refractivity contribution is -0.169. The van der Waals surface area contributed by atoms with E-state index < -0.39 is 18.0 Å². The summed E-state index contributed by atoms with van der Waals surface area (Å²) < 4.78 is 16.4.